The van der Waals surface area contributed by atoms with E-state index in [0.717, 1.165) is 11.3 Å². The van der Waals surface area contributed by atoms with Crippen LogP contribution in [0.3, 0.4) is 0 Å². The van der Waals surface area contributed by atoms with Gasteiger partial charge in [-0.1, -0.05) is 30.3 Å². The summed E-state index contributed by atoms with van der Waals surface area (Å²) in [5.41, 5.74) is 1.06. The number of carbonyl (C=O) groups is 2. The molecule has 0 aliphatic carbocycles. The van der Waals surface area contributed by atoms with Crippen molar-refractivity contribution in [3.63, 3.8) is 0 Å². The van der Waals surface area contributed by atoms with Crippen molar-refractivity contribution in [2.45, 2.75) is 25.4 Å². The van der Waals surface area contributed by atoms with Gasteiger partial charge in [-0.3, -0.25) is 9.59 Å². The Labute approximate surface area is 117 Å². The first-order chi connectivity index (χ1) is 9.16. The van der Waals surface area contributed by atoms with E-state index < -0.39 is 6.04 Å². The molecule has 2 amide bonds. The van der Waals surface area contributed by atoms with Crippen molar-refractivity contribution in [2.24, 2.45) is 0 Å². The Morgan fingerprint density at radius 2 is 2.16 bits per heavy atom. The van der Waals surface area contributed by atoms with Gasteiger partial charge < -0.3 is 10.6 Å². The molecule has 1 saturated heterocycles. The molecule has 4 nitrogen and oxygen atoms in total. The molecule has 102 valence electrons. The molecule has 2 rings (SSSR count). The van der Waals surface area contributed by atoms with Crippen molar-refractivity contribution >= 4 is 23.6 Å². The zero-order valence-electron chi connectivity index (χ0n) is 10.9. The van der Waals surface area contributed by atoms with Gasteiger partial charge in [0.1, 0.15) is 6.04 Å². The van der Waals surface area contributed by atoms with E-state index in [1.54, 1.807) is 11.8 Å². The van der Waals surface area contributed by atoms with Crippen LogP contribution in [0.25, 0.3) is 0 Å². The van der Waals surface area contributed by atoms with Crippen LogP contribution in [-0.2, 0) is 9.59 Å². The maximum absolute atomic E-state index is 12.1. The lowest BCUT2D eigenvalue weighted by atomic mass is 10.1. The first-order valence-electron chi connectivity index (χ1n) is 6.39. The molecule has 1 aromatic carbocycles. The lowest BCUT2D eigenvalue weighted by molar-refractivity contribution is -0.128. The molecular weight excluding hydrogens is 260 g/mol. The van der Waals surface area contributed by atoms with E-state index in [9.17, 15) is 9.59 Å². The highest BCUT2D eigenvalue weighted by atomic mass is 32.2. The molecule has 0 bridgehead atoms. The Kier molecular flexibility index (Phi) is 4.85. The molecule has 0 spiro atoms. The summed E-state index contributed by atoms with van der Waals surface area (Å²) in [6.45, 7) is 1.94. The Balaban J connectivity index is 1.94. The van der Waals surface area contributed by atoms with Crippen molar-refractivity contribution in [1.82, 2.24) is 10.6 Å². The number of hydrogen-bond acceptors (Lipinski definition) is 3. The fourth-order valence-electron chi connectivity index (χ4n) is 1.95. The van der Waals surface area contributed by atoms with E-state index in [-0.39, 0.29) is 17.9 Å². The third-order valence-electron chi connectivity index (χ3n) is 3.07. The van der Waals surface area contributed by atoms with Gasteiger partial charge in [0, 0.05) is 17.9 Å². The number of hydrogen-bond donors (Lipinski definition) is 2. The second-order valence-electron chi connectivity index (χ2n) is 4.59. The molecule has 1 fully saturated rings. The maximum atomic E-state index is 12.1. The third-order valence-corrected chi connectivity index (χ3v) is 4.13. The van der Waals surface area contributed by atoms with Gasteiger partial charge in [-0.2, -0.15) is 11.8 Å². The summed E-state index contributed by atoms with van der Waals surface area (Å²) < 4.78 is 0. The van der Waals surface area contributed by atoms with E-state index in [1.807, 2.05) is 37.3 Å². The predicted octanol–water partition coefficient (Wildman–Crippen LogP) is 1.49. The molecule has 2 N–H and O–H groups in total. The minimum atomic E-state index is -0.425. The van der Waals surface area contributed by atoms with Crippen LogP contribution < -0.4 is 10.6 Å². The quantitative estimate of drug-likeness (QED) is 0.880. The summed E-state index contributed by atoms with van der Waals surface area (Å²) >= 11 is 1.63. The minimum Gasteiger partial charge on any atom is -0.348 e. The normalized spacial score (nSPS) is 21.1. The standard InChI is InChI=1S/C14H18N2O2S/c1-10(11-5-3-2-4-6-11)15-14(18)12-9-19-8-7-13(17)16-12/h2-6,10,12H,7-9H2,1H3,(H,15,18)(H,16,17)/t10-,12-/m1/s1. The van der Waals surface area contributed by atoms with E-state index in [0.29, 0.717) is 12.2 Å². The van der Waals surface area contributed by atoms with Crippen molar-refractivity contribution in [3.8, 4) is 0 Å². The average molecular weight is 278 g/mol. The topological polar surface area (TPSA) is 58.2 Å². The number of rotatable bonds is 3. The largest absolute Gasteiger partial charge is 0.348 e. The summed E-state index contributed by atoms with van der Waals surface area (Å²) in [6.07, 6.45) is 0.489. The Morgan fingerprint density at radius 1 is 1.42 bits per heavy atom. The smallest absolute Gasteiger partial charge is 0.243 e. The first kappa shape index (κ1) is 13.9. The number of carbonyl (C=O) groups excluding carboxylic acids is 2. The van der Waals surface area contributed by atoms with Gasteiger partial charge in [-0.05, 0) is 12.5 Å². The monoisotopic (exact) mass is 278 g/mol. The van der Waals surface area contributed by atoms with E-state index in [4.69, 9.17) is 0 Å². The van der Waals surface area contributed by atoms with Crippen LogP contribution in [0, 0.1) is 0 Å². The summed E-state index contributed by atoms with van der Waals surface area (Å²) in [7, 11) is 0. The van der Waals surface area contributed by atoms with Crippen molar-refractivity contribution in [1.29, 1.82) is 0 Å². The van der Waals surface area contributed by atoms with Gasteiger partial charge in [0.2, 0.25) is 11.8 Å². The zero-order valence-corrected chi connectivity index (χ0v) is 11.7. The van der Waals surface area contributed by atoms with Crippen LogP contribution in [0.15, 0.2) is 30.3 Å². The van der Waals surface area contributed by atoms with E-state index in [2.05, 4.69) is 10.6 Å². The molecule has 1 aliphatic rings. The SMILES string of the molecule is C[C@@H](NC(=O)[C@H]1CSCCC(=O)N1)c1ccccc1. The van der Waals surface area contributed by atoms with Crippen LogP contribution in [0.1, 0.15) is 24.9 Å². The van der Waals surface area contributed by atoms with Crippen molar-refractivity contribution < 1.29 is 9.59 Å². The summed E-state index contributed by atoms with van der Waals surface area (Å²) in [5.74, 6) is 1.26. The minimum absolute atomic E-state index is 0.0440. The first-order valence-corrected chi connectivity index (χ1v) is 7.54. The maximum Gasteiger partial charge on any atom is 0.243 e. The van der Waals surface area contributed by atoms with Crippen LogP contribution >= 0.6 is 11.8 Å². The molecular formula is C14H18N2O2S. The van der Waals surface area contributed by atoms with E-state index >= 15 is 0 Å². The molecule has 0 saturated carbocycles. The van der Waals surface area contributed by atoms with Gasteiger partial charge in [-0.15, -0.1) is 0 Å². The van der Waals surface area contributed by atoms with Crippen molar-refractivity contribution in [3.05, 3.63) is 35.9 Å². The lowest BCUT2D eigenvalue weighted by Crippen LogP contribution is -2.47. The van der Waals surface area contributed by atoms with Gasteiger partial charge in [0.05, 0.1) is 6.04 Å². The number of amides is 2. The van der Waals surface area contributed by atoms with Crippen LogP contribution in [0.4, 0.5) is 0 Å². The van der Waals surface area contributed by atoms with Gasteiger partial charge >= 0.3 is 0 Å². The predicted molar refractivity (Wildman–Crippen MR) is 76.9 cm³/mol. The Morgan fingerprint density at radius 3 is 2.89 bits per heavy atom. The third kappa shape index (κ3) is 3.99. The fraction of sp³-hybridized carbons (Fsp3) is 0.429. The number of benzene rings is 1. The summed E-state index contributed by atoms with van der Waals surface area (Å²) in [5, 5.41) is 5.71. The molecule has 1 aliphatic heterocycles. The highest BCUT2D eigenvalue weighted by Crippen LogP contribution is 2.13. The Bertz CT molecular complexity index is 450. The van der Waals surface area contributed by atoms with Gasteiger partial charge in [0.25, 0.3) is 0 Å². The zero-order chi connectivity index (χ0) is 13.7. The molecule has 1 heterocycles. The molecule has 1 aromatic rings. The molecule has 0 unspecified atom stereocenters. The highest BCUT2D eigenvalue weighted by molar-refractivity contribution is 7.99. The number of nitrogens with one attached hydrogen (secondary N) is 2. The van der Waals surface area contributed by atoms with Gasteiger partial charge in [0.15, 0.2) is 0 Å². The average Bonchev–Trinajstić information content (AvgIpc) is 2.64. The number of thioether (sulfide) groups is 1. The van der Waals surface area contributed by atoms with Crippen LogP contribution in [-0.4, -0.2) is 29.4 Å². The second-order valence-corrected chi connectivity index (χ2v) is 5.74. The fourth-order valence-corrected chi connectivity index (χ4v) is 2.92. The second kappa shape index (κ2) is 6.61. The van der Waals surface area contributed by atoms with Crippen molar-refractivity contribution in [2.75, 3.05) is 11.5 Å². The molecule has 0 radical (unpaired) electrons. The van der Waals surface area contributed by atoms with Crippen LogP contribution in [0.2, 0.25) is 0 Å². The Hall–Kier alpha value is -1.49. The van der Waals surface area contributed by atoms with Gasteiger partial charge in [-0.25, -0.2) is 0 Å². The van der Waals surface area contributed by atoms with Crippen LogP contribution in [0.5, 0.6) is 0 Å². The molecule has 5 heteroatoms. The lowest BCUT2D eigenvalue weighted by Gasteiger charge is -2.19. The summed E-state index contributed by atoms with van der Waals surface area (Å²) in [6, 6.07) is 9.31. The molecule has 19 heavy (non-hydrogen) atoms. The molecule has 0 aromatic heterocycles. The summed E-state index contributed by atoms with van der Waals surface area (Å²) in [4.78, 5) is 23.6. The molecule has 2 atom stereocenters. The highest BCUT2D eigenvalue weighted by Gasteiger charge is 2.24. The van der Waals surface area contributed by atoms with E-state index in [1.165, 1.54) is 0 Å².